The molecule has 20 heavy (non-hydrogen) atoms. The Morgan fingerprint density at radius 2 is 2.15 bits per heavy atom. The Morgan fingerprint density at radius 1 is 1.50 bits per heavy atom. The van der Waals surface area contributed by atoms with Crippen LogP contribution in [0.4, 0.5) is 0 Å². The van der Waals surface area contributed by atoms with Gasteiger partial charge in [0.1, 0.15) is 11.9 Å². The average molecular weight is 303 g/mol. The van der Waals surface area contributed by atoms with Gasteiger partial charge >= 0.3 is 5.97 Å². The zero-order chi connectivity index (χ0) is 15.3. The number of imidazole rings is 1. The molecule has 0 aliphatic carbocycles. The number of hydrogen-bond donors (Lipinski definition) is 2. The molecule has 0 bridgehead atoms. The van der Waals surface area contributed by atoms with Crippen molar-refractivity contribution in [1.29, 1.82) is 0 Å². The summed E-state index contributed by atoms with van der Waals surface area (Å²) in [6.45, 7) is 5.52. The number of aromatic nitrogens is 2. The second kappa shape index (κ2) is 6.85. The zero-order valence-corrected chi connectivity index (χ0v) is 13.0. The minimum atomic E-state index is -3.83. The number of sulfonamides is 1. The van der Waals surface area contributed by atoms with Crippen LogP contribution >= 0.6 is 0 Å². The SMILES string of the molecule is CCc1ncc(S(=O)(=O)NC(C(=O)OC)C(C)CC)[nH]1. The van der Waals surface area contributed by atoms with E-state index < -0.39 is 22.0 Å². The van der Waals surface area contributed by atoms with Crippen molar-refractivity contribution in [2.75, 3.05) is 7.11 Å². The Kier molecular flexibility index (Phi) is 5.70. The second-order valence-electron chi connectivity index (χ2n) is 4.56. The molecule has 0 aromatic carbocycles. The van der Waals surface area contributed by atoms with Gasteiger partial charge in [-0.3, -0.25) is 4.79 Å². The number of nitrogens with one attached hydrogen (secondary N) is 2. The molecule has 1 heterocycles. The molecular weight excluding hydrogens is 282 g/mol. The Morgan fingerprint density at radius 3 is 2.60 bits per heavy atom. The van der Waals surface area contributed by atoms with E-state index in [9.17, 15) is 13.2 Å². The Hall–Kier alpha value is -1.41. The Bertz CT molecular complexity index is 553. The van der Waals surface area contributed by atoms with Crippen LogP contribution in [-0.4, -0.2) is 37.5 Å². The van der Waals surface area contributed by atoms with Gasteiger partial charge < -0.3 is 9.72 Å². The van der Waals surface area contributed by atoms with Gasteiger partial charge in [-0.1, -0.05) is 27.2 Å². The molecule has 0 saturated carbocycles. The first kappa shape index (κ1) is 16.6. The predicted molar refractivity (Wildman–Crippen MR) is 73.5 cm³/mol. The van der Waals surface area contributed by atoms with Crippen molar-refractivity contribution in [3.8, 4) is 0 Å². The molecule has 0 aliphatic heterocycles. The lowest BCUT2D eigenvalue weighted by Gasteiger charge is -2.21. The van der Waals surface area contributed by atoms with Crippen molar-refractivity contribution in [2.24, 2.45) is 5.92 Å². The van der Waals surface area contributed by atoms with Gasteiger partial charge in [-0.15, -0.1) is 0 Å². The molecule has 8 heteroatoms. The summed E-state index contributed by atoms with van der Waals surface area (Å²) in [6.07, 6.45) is 2.49. The van der Waals surface area contributed by atoms with Crippen LogP contribution in [0.2, 0.25) is 0 Å². The number of aryl methyl sites for hydroxylation is 1. The third-order valence-electron chi connectivity index (χ3n) is 3.18. The molecule has 1 rings (SSSR count). The maximum Gasteiger partial charge on any atom is 0.324 e. The number of methoxy groups -OCH3 is 1. The number of nitrogens with zero attached hydrogens (tertiary/aromatic N) is 1. The van der Waals surface area contributed by atoms with Gasteiger partial charge in [0.15, 0.2) is 5.03 Å². The summed E-state index contributed by atoms with van der Waals surface area (Å²) in [4.78, 5) is 18.4. The molecule has 7 nitrogen and oxygen atoms in total. The lowest BCUT2D eigenvalue weighted by Crippen LogP contribution is -2.45. The summed E-state index contributed by atoms with van der Waals surface area (Å²) in [5, 5.41) is -0.0495. The van der Waals surface area contributed by atoms with E-state index in [4.69, 9.17) is 0 Å². The van der Waals surface area contributed by atoms with E-state index in [2.05, 4.69) is 19.4 Å². The van der Waals surface area contributed by atoms with E-state index >= 15 is 0 Å². The maximum atomic E-state index is 12.2. The molecule has 2 N–H and O–H groups in total. The Labute approximate surface area is 119 Å². The van der Waals surface area contributed by atoms with Crippen molar-refractivity contribution in [2.45, 2.75) is 44.7 Å². The van der Waals surface area contributed by atoms with Gasteiger partial charge in [0.2, 0.25) is 0 Å². The monoisotopic (exact) mass is 303 g/mol. The third kappa shape index (κ3) is 3.80. The second-order valence-corrected chi connectivity index (χ2v) is 6.24. The number of aromatic amines is 1. The van der Waals surface area contributed by atoms with Crippen LogP contribution in [0.1, 0.15) is 33.0 Å². The summed E-state index contributed by atoms with van der Waals surface area (Å²) in [5.74, 6) is -0.201. The van der Waals surface area contributed by atoms with Crippen LogP contribution in [0.3, 0.4) is 0 Å². The molecule has 0 spiro atoms. The van der Waals surface area contributed by atoms with Crippen molar-refractivity contribution in [1.82, 2.24) is 14.7 Å². The van der Waals surface area contributed by atoms with Crippen molar-refractivity contribution >= 4 is 16.0 Å². The van der Waals surface area contributed by atoms with Gasteiger partial charge in [0, 0.05) is 6.42 Å². The van der Waals surface area contributed by atoms with Crippen LogP contribution < -0.4 is 4.72 Å². The molecule has 0 amide bonds. The Balaban J connectivity index is 2.99. The minimum Gasteiger partial charge on any atom is -0.468 e. The quantitative estimate of drug-likeness (QED) is 0.727. The fourth-order valence-corrected chi connectivity index (χ4v) is 2.88. The summed E-state index contributed by atoms with van der Waals surface area (Å²) in [5.41, 5.74) is 0. The molecule has 0 fully saturated rings. The molecule has 1 aromatic rings. The smallest absolute Gasteiger partial charge is 0.324 e. The number of esters is 1. The molecule has 0 radical (unpaired) electrons. The fourth-order valence-electron chi connectivity index (χ4n) is 1.65. The fraction of sp³-hybridized carbons (Fsp3) is 0.667. The molecule has 1 aromatic heterocycles. The number of carbonyl (C=O) groups excluding carboxylic acids is 1. The van der Waals surface area contributed by atoms with Crippen LogP contribution in [-0.2, 0) is 26.0 Å². The van der Waals surface area contributed by atoms with Gasteiger partial charge in [-0.05, 0) is 5.92 Å². The zero-order valence-electron chi connectivity index (χ0n) is 12.1. The summed E-state index contributed by atoms with van der Waals surface area (Å²) >= 11 is 0. The van der Waals surface area contributed by atoms with Gasteiger partial charge in [-0.2, -0.15) is 4.72 Å². The molecular formula is C12H21N3O4S. The first-order valence-electron chi connectivity index (χ1n) is 6.49. The lowest BCUT2D eigenvalue weighted by molar-refractivity contribution is -0.143. The topological polar surface area (TPSA) is 101 Å². The minimum absolute atomic E-state index is 0.0495. The van der Waals surface area contributed by atoms with Gasteiger partial charge in [0.25, 0.3) is 10.0 Å². The maximum absolute atomic E-state index is 12.2. The van der Waals surface area contributed by atoms with Crippen LogP contribution in [0.25, 0.3) is 0 Å². The van der Waals surface area contributed by atoms with Crippen molar-refractivity contribution in [3.05, 3.63) is 12.0 Å². The van der Waals surface area contributed by atoms with Crippen LogP contribution in [0, 0.1) is 5.92 Å². The van der Waals surface area contributed by atoms with E-state index in [0.717, 1.165) is 0 Å². The van der Waals surface area contributed by atoms with Crippen molar-refractivity contribution in [3.63, 3.8) is 0 Å². The van der Waals surface area contributed by atoms with Gasteiger partial charge in [-0.25, -0.2) is 13.4 Å². The number of carbonyl (C=O) groups is 1. The number of hydrogen-bond acceptors (Lipinski definition) is 5. The molecule has 0 saturated heterocycles. The average Bonchev–Trinajstić information content (AvgIpc) is 2.92. The van der Waals surface area contributed by atoms with Gasteiger partial charge in [0.05, 0.1) is 13.3 Å². The van der Waals surface area contributed by atoms with E-state index in [-0.39, 0.29) is 10.9 Å². The largest absolute Gasteiger partial charge is 0.468 e. The summed E-state index contributed by atoms with van der Waals surface area (Å²) in [6, 6.07) is -0.914. The van der Waals surface area contributed by atoms with E-state index in [1.165, 1.54) is 13.3 Å². The first-order chi connectivity index (χ1) is 9.35. The van der Waals surface area contributed by atoms with Crippen molar-refractivity contribution < 1.29 is 17.9 Å². The first-order valence-corrected chi connectivity index (χ1v) is 7.98. The normalized spacial score (nSPS) is 14.8. The highest BCUT2D eigenvalue weighted by Crippen LogP contribution is 2.14. The lowest BCUT2D eigenvalue weighted by atomic mass is 10.0. The third-order valence-corrected chi connectivity index (χ3v) is 4.53. The summed E-state index contributed by atoms with van der Waals surface area (Å²) in [7, 11) is -2.59. The number of ether oxygens (including phenoxy) is 1. The van der Waals surface area contributed by atoms with Crippen LogP contribution in [0.15, 0.2) is 11.2 Å². The summed E-state index contributed by atoms with van der Waals surface area (Å²) < 4.78 is 31.5. The number of H-pyrrole nitrogens is 1. The highest BCUT2D eigenvalue weighted by Gasteiger charge is 2.31. The molecule has 114 valence electrons. The molecule has 0 aliphatic rings. The predicted octanol–water partition coefficient (Wildman–Crippen LogP) is 0.838. The molecule has 2 unspecified atom stereocenters. The molecule has 2 atom stereocenters. The number of rotatable bonds is 7. The highest BCUT2D eigenvalue weighted by atomic mass is 32.2. The highest BCUT2D eigenvalue weighted by molar-refractivity contribution is 7.89. The van der Waals surface area contributed by atoms with E-state index in [1.54, 1.807) is 6.92 Å². The van der Waals surface area contributed by atoms with E-state index in [1.807, 2.05) is 13.8 Å². The standard InChI is InChI=1S/C12H21N3O4S/c1-5-8(3)11(12(16)19-4)15-20(17,18)10-7-13-9(6-2)14-10/h7-8,11,15H,5-6H2,1-4H3,(H,13,14). The van der Waals surface area contributed by atoms with Crippen LogP contribution in [0.5, 0.6) is 0 Å². The van der Waals surface area contributed by atoms with E-state index in [0.29, 0.717) is 18.7 Å².